The fourth-order valence-corrected chi connectivity index (χ4v) is 2.50. The largest absolute Gasteiger partial charge is 0.336 e. The molecule has 0 aliphatic carbocycles. The average molecular weight is 246 g/mol. The van der Waals surface area contributed by atoms with Crippen LogP contribution < -0.4 is 5.32 Å². The first kappa shape index (κ1) is 12.9. The zero-order valence-electron chi connectivity index (χ0n) is 11.7. The summed E-state index contributed by atoms with van der Waals surface area (Å²) in [5.41, 5.74) is 2.49. The van der Waals surface area contributed by atoms with Crippen LogP contribution in [0.5, 0.6) is 0 Å². The van der Waals surface area contributed by atoms with E-state index in [1.54, 1.807) is 0 Å². The van der Waals surface area contributed by atoms with E-state index >= 15 is 0 Å². The summed E-state index contributed by atoms with van der Waals surface area (Å²) in [4.78, 5) is 14.2. The molecule has 0 saturated carbocycles. The summed E-state index contributed by atoms with van der Waals surface area (Å²) >= 11 is 0. The van der Waals surface area contributed by atoms with Gasteiger partial charge in [-0.15, -0.1) is 0 Å². The highest BCUT2D eigenvalue weighted by Crippen LogP contribution is 2.30. The molecule has 0 unspecified atom stereocenters. The molecule has 1 heterocycles. The molecule has 98 valence electrons. The number of urea groups is 1. The lowest BCUT2D eigenvalue weighted by Gasteiger charge is -2.43. The molecule has 0 atom stereocenters. The van der Waals surface area contributed by atoms with Crippen LogP contribution in [0.25, 0.3) is 0 Å². The quantitative estimate of drug-likeness (QED) is 0.812. The fraction of sp³-hybridized carbons (Fsp3) is 0.533. The van der Waals surface area contributed by atoms with Gasteiger partial charge in [0, 0.05) is 18.1 Å². The van der Waals surface area contributed by atoms with Gasteiger partial charge in [0.2, 0.25) is 0 Å². The third-order valence-electron chi connectivity index (χ3n) is 3.46. The molecule has 3 nitrogen and oxygen atoms in total. The van der Waals surface area contributed by atoms with Crippen LogP contribution in [-0.2, 0) is 13.0 Å². The molecule has 0 spiro atoms. The molecule has 1 aromatic carbocycles. The number of rotatable bonds is 1. The molecule has 2 amide bonds. The van der Waals surface area contributed by atoms with Crippen molar-refractivity contribution in [2.45, 2.75) is 52.2 Å². The van der Waals surface area contributed by atoms with Crippen molar-refractivity contribution in [1.82, 2.24) is 10.2 Å². The molecule has 0 bridgehead atoms. The maximum absolute atomic E-state index is 12.2. The summed E-state index contributed by atoms with van der Waals surface area (Å²) in [6.07, 6.45) is 0.911. The standard InChI is InChI=1S/C15H22N2O/c1-11(2)16-14(18)17-10-13-8-6-5-7-12(13)9-15(17,3)4/h5-8,11H,9-10H2,1-4H3,(H,16,18). The second-order valence-corrected chi connectivity index (χ2v) is 5.95. The first-order valence-electron chi connectivity index (χ1n) is 6.55. The van der Waals surface area contributed by atoms with E-state index in [-0.39, 0.29) is 17.6 Å². The molecular formula is C15H22N2O. The van der Waals surface area contributed by atoms with Crippen molar-refractivity contribution in [1.29, 1.82) is 0 Å². The SMILES string of the molecule is CC(C)NC(=O)N1Cc2ccccc2CC1(C)C. The molecule has 1 aromatic rings. The molecule has 2 rings (SSSR count). The topological polar surface area (TPSA) is 32.3 Å². The second-order valence-electron chi connectivity index (χ2n) is 5.95. The number of carbonyl (C=O) groups is 1. The summed E-state index contributed by atoms with van der Waals surface area (Å²) in [6, 6.07) is 8.58. The van der Waals surface area contributed by atoms with Crippen molar-refractivity contribution in [3.63, 3.8) is 0 Å². The number of nitrogens with zero attached hydrogens (tertiary/aromatic N) is 1. The zero-order chi connectivity index (χ0) is 13.3. The van der Waals surface area contributed by atoms with E-state index in [0.717, 1.165) is 6.42 Å². The molecule has 3 heteroatoms. The number of carbonyl (C=O) groups excluding carboxylic acids is 1. The molecular weight excluding hydrogens is 224 g/mol. The Labute approximate surface area is 109 Å². The predicted molar refractivity (Wildman–Crippen MR) is 73.4 cm³/mol. The van der Waals surface area contributed by atoms with Gasteiger partial charge < -0.3 is 10.2 Å². The van der Waals surface area contributed by atoms with Gasteiger partial charge in [0.15, 0.2) is 0 Å². The molecule has 0 saturated heterocycles. The van der Waals surface area contributed by atoms with E-state index in [1.807, 2.05) is 24.8 Å². The third kappa shape index (κ3) is 2.50. The van der Waals surface area contributed by atoms with Crippen LogP contribution in [0.3, 0.4) is 0 Å². The van der Waals surface area contributed by atoms with Crippen molar-refractivity contribution in [2.75, 3.05) is 0 Å². The van der Waals surface area contributed by atoms with E-state index in [1.165, 1.54) is 11.1 Å². The van der Waals surface area contributed by atoms with Crippen LogP contribution in [0.2, 0.25) is 0 Å². The van der Waals surface area contributed by atoms with Crippen molar-refractivity contribution in [3.8, 4) is 0 Å². The normalized spacial score (nSPS) is 17.5. The molecule has 1 aliphatic heterocycles. The van der Waals surface area contributed by atoms with Crippen molar-refractivity contribution < 1.29 is 4.79 Å². The first-order chi connectivity index (χ1) is 8.40. The Hall–Kier alpha value is -1.51. The summed E-state index contributed by atoms with van der Waals surface area (Å²) in [6.45, 7) is 8.93. The Kier molecular flexibility index (Phi) is 3.33. The van der Waals surface area contributed by atoms with E-state index in [2.05, 4.69) is 37.4 Å². The van der Waals surface area contributed by atoms with Gasteiger partial charge in [-0.05, 0) is 45.2 Å². The lowest BCUT2D eigenvalue weighted by molar-refractivity contribution is 0.118. The highest BCUT2D eigenvalue weighted by molar-refractivity contribution is 5.75. The van der Waals surface area contributed by atoms with Crippen molar-refractivity contribution in [3.05, 3.63) is 35.4 Å². The summed E-state index contributed by atoms with van der Waals surface area (Å²) in [5, 5.41) is 2.99. The Morgan fingerprint density at radius 3 is 2.50 bits per heavy atom. The minimum absolute atomic E-state index is 0.0319. The minimum Gasteiger partial charge on any atom is -0.336 e. The van der Waals surface area contributed by atoms with Crippen molar-refractivity contribution in [2.24, 2.45) is 0 Å². The summed E-state index contributed by atoms with van der Waals surface area (Å²) in [5.74, 6) is 0. The van der Waals surface area contributed by atoms with Gasteiger partial charge in [-0.3, -0.25) is 0 Å². The molecule has 18 heavy (non-hydrogen) atoms. The monoisotopic (exact) mass is 246 g/mol. The van der Waals surface area contributed by atoms with Crippen LogP contribution in [0.15, 0.2) is 24.3 Å². The van der Waals surface area contributed by atoms with Gasteiger partial charge in [0.25, 0.3) is 0 Å². The number of amides is 2. The summed E-state index contributed by atoms with van der Waals surface area (Å²) in [7, 11) is 0. The van der Waals surface area contributed by atoms with Crippen molar-refractivity contribution >= 4 is 6.03 Å². The number of hydrogen-bond donors (Lipinski definition) is 1. The molecule has 1 aliphatic rings. The van der Waals surface area contributed by atoms with E-state index in [0.29, 0.717) is 6.54 Å². The minimum atomic E-state index is -0.132. The van der Waals surface area contributed by atoms with Gasteiger partial charge in [0.1, 0.15) is 0 Å². The number of fused-ring (bicyclic) bond motifs is 1. The second kappa shape index (κ2) is 4.63. The zero-order valence-corrected chi connectivity index (χ0v) is 11.7. The van der Waals surface area contributed by atoms with E-state index in [4.69, 9.17) is 0 Å². The Balaban J connectivity index is 2.25. The van der Waals surface area contributed by atoms with E-state index < -0.39 is 0 Å². The van der Waals surface area contributed by atoms with Gasteiger partial charge in [0.05, 0.1) is 0 Å². The molecule has 0 radical (unpaired) electrons. The highest BCUT2D eigenvalue weighted by Gasteiger charge is 2.35. The maximum Gasteiger partial charge on any atom is 0.318 e. The Morgan fingerprint density at radius 2 is 1.89 bits per heavy atom. The van der Waals surface area contributed by atoms with Crippen LogP contribution in [0.4, 0.5) is 4.79 Å². The summed E-state index contributed by atoms with van der Waals surface area (Å²) < 4.78 is 0. The average Bonchev–Trinajstić information content (AvgIpc) is 2.25. The molecule has 0 aromatic heterocycles. The number of nitrogens with one attached hydrogen (secondary N) is 1. The molecule has 0 fully saturated rings. The van der Waals surface area contributed by atoms with Gasteiger partial charge in [-0.2, -0.15) is 0 Å². The fourth-order valence-electron chi connectivity index (χ4n) is 2.50. The van der Waals surface area contributed by atoms with Gasteiger partial charge in [-0.1, -0.05) is 24.3 Å². The maximum atomic E-state index is 12.2. The van der Waals surface area contributed by atoms with Gasteiger partial charge >= 0.3 is 6.03 Å². The predicted octanol–water partition coefficient (Wildman–Crippen LogP) is 2.94. The lowest BCUT2D eigenvalue weighted by Crippen LogP contribution is -2.55. The van der Waals surface area contributed by atoms with Crippen LogP contribution in [0, 0.1) is 0 Å². The Bertz CT molecular complexity index is 452. The highest BCUT2D eigenvalue weighted by atomic mass is 16.2. The van der Waals surface area contributed by atoms with E-state index in [9.17, 15) is 4.79 Å². The van der Waals surface area contributed by atoms with Gasteiger partial charge in [-0.25, -0.2) is 4.79 Å². The third-order valence-corrected chi connectivity index (χ3v) is 3.46. The first-order valence-corrected chi connectivity index (χ1v) is 6.55. The van der Waals surface area contributed by atoms with Crippen LogP contribution in [-0.4, -0.2) is 22.5 Å². The molecule has 1 N–H and O–H groups in total. The number of benzene rings is 1. The lowest BCUT2D eigenvalue weighted by atomic mass is 9.86. The number of hydrogen-bond acceptors (Lipinski definition) is 1. The van der Waals surface area contributed by atoms with Crippen LogP contribution >= 0.6 is 0 Å². The van der Waals surface area contributed by atoms with Crippen LogP contribution in [0.1, 0.15) is 38.8 Å². The smallest absolute Gasteiger partial charge is 0.318 e. The Morgan fingerprint density at radius 1 is 1.28 bits per heavy atom.